The number of aliphatic hydroxyl groups excluding tert-OH is 1. The Morgan fingerprint density at radius 3 is 2.46 bits per heavy atom. The van der Waals surface area contributed by atoms with Crippen LogP contribution in [0, 0.1) is 13.8 Å². The van der Waals surface area contributed by atoms with E-state index < -0.39 is 6.10 Å². The minimum atomic E-state index is -0.732. The summed E-state index contributed by atoms with van der Waals surface area (Å²) in [6, 6.07) is 21.0. The minimum absolute atomic E-state index is 0.0957. The second-order valence-corrected chi connectivity index (χ2v) is 8.82. The molecule has 4 aromatic rings. The Labute approximate surface area is 210 Å². The molecule has 0 fully saturated rings. The molecule has 6 nitrogen and oxygen atoms in total. The number of esters is 1. The summed E-state index contributed by atoms with van der Waals surface area (Å²) in [4.78, 5) is 12.9. The van der Waals surface area contributed by atoms with Crippen molar-refractivity contribution < 1.29 is 19.4 Å². The number of hydrogen-bond donors (Lipinski definition) is 2. The van der Waals surface area contributed by atoms with Gasteiger partial charge in [0.1, 0.15) is 18.5 Å². The lowest BCUT2D eigenvalue weighted by molar-refractivity contribution is 0.0527. The zero-order valence-electron chi connectivity index (χ0n) is 20.0. The topological polar surface area (TPSA) is 72.7 Å². The monoisotopic (exact) mass is 492 g/mol. The van der Waals surface area contributed by atoms with E-state index in [2.05, 4.69) is 9.88 Å². The Hall–Kier alpha value is -3.48. The molecule has 0 aliphatic heterocycles. The van der Waals surface area contributed by atoms with E-state index >= 15 is 0 Å². The number of aliphatic hydroxyl groups is 1. The Morgan fingerprint density at radius 1 is 1.06 bits per heavy atom. The van der Waals surface area contributed by atoms with Crippen molar-refractivity contribution in [2.75, 3.05) is 25.1 Å². The molecule has 0 amide bonds. The molecule has 0 saturated carbocycles. The van der Waals surface area contributed by atoms with Crippen LogP contribution >= 0.6 is 11.6 Å². The molecule has 2 N–H and O–H groups in total. The van der Waals surface area contributed by atoms with Gasteiger partial charge in [0.2, 0.25) is 0 Å². The number of halogens is 1. The lowest BCUT2D eigenvalue weighted by Gasteiger charge is -2.14. The Bertz CT molecular complexity index is 1310. The van der Waals surface area contributed by atoms with E-state index in [1.807, 2.05) is 68.4 Å². The number of fused-ring (bicyclic) bond motifs is 1. The highest BCUT2D eigenvalue weighted by Crippen LogP contribution is 2.32. The van der Waals surface area contributed by atoms with Crippen molar-refractivity contribution in [1.29, 1.82) is 0 Å². The fourth-order valence-corrected chi connectivity index (χ4v) is 4.16. The maximum absolute atomic E-state index is 12.9. The number of carbonyl (C=O) groups excluding carboxylic acids is 1. The molecule has 0 spiro atoms. The Kier molecular flexibility index (Phi) is 7.63. The maximum atomic E-state index is 12.9. The van der Waals surface area contributed by atoms with Crippen LogP contribution in [0.15, 0.2) is 66.7 Å². The summed E-state index contributed by atoms with van der Waals surface area (Å²) in [5, 5.41) is 14.9. The van der Waals surface area contributed by atoms with Gasteiger partial charge in [-0.1, -0.05) is 29.3 Å². The Balaban J connectivity index is 1.57. The average Bonchev–Trinajstić information content (AvgIpc) is 3.14. The fourth-order valence-electron chi connectivity index (χ4n) is 4.03. The predicted molar refractivity (Wildman–Crippen MR) is 140 cm³/mol. The summed E-state index contributed by atoms with van der Waals surface area (Å²) >= 11 is 5.91. The molecule has 0 aliphatic rings. The van der Waals surface area contributed by atoms with Gasteiger partial charge in [0.25, 0.3) is 0 Å². The molecule has 0 bridgehead atoms. The van der Waals surface area contributed by atoms with Crippen molar-refractivity contribution in [3.63, 3.8) is 0 Å². The van der Waals surface area contributed by atoms with Crippen molar-refractivity contribution in [2.24, 2.45) is 0 Å². The van der Waals surface area contributed by atoms with Crippen LogP contribution in [0.1, 0.15) is 28.5 Å². The summed E-state index contributed by atoms with van der Waals surface area (Å²) < 4.78 is 13.3. The second-order valence-electron chi connectivity index (χ2n) is 8.38. The molecule has 0 saturated heterocycles. The summed E-state index contributed by atoms with van der Waals surface area (Å²) in [6.45, 7) is 6.45. The first kappa shape index (κ1) is 24.6. The summed E-state index contributed by atoms with van der Waals surface area (Å²) in [5.74, 6) is 0.194. The molecule has 1 heterocycles. The first-order valence-corrected chi connectivity index (χ1v) is 11.9. The predicted octanol–water partition coefficient (Wildman–Crippen LogP) is 5.93. The number of anilines is 1. The van der Waals surface area contributed by atoms with Gasteiger partial charge in [0.05, 0.1) is 17.7 Å². The van der Waals surface area contributed by atoms with Gasteiger partial charge in [0, 0.05) is 34.0 Å². The van der Waals surface area contributed by atoms with E-state index in [1.54, 1.807) is 19.1 Å². The lowest BCUT2D eigenvalue weighted by atomic mass is 10.1. The molecule has 3 aromatic carbocycles. The number of hydrogen-bond acceptors (Lipinski definition) is 5. The number of aromatic nitrogens is 1. The van der Waals surface area contributed by atoms with Crippen LogP contribution in [0.25, 0.3) is 16.6 Å². The van der Waals surface area contributed by atoms with Crippen LogP contribution in [0.5, 0.6) is 5.75 Å². The molecule has 0 radical (unpaired) electrons. The minimum Gasteiger partial charge on any atom is -0.491 e. The third kappa shape index (κ3) is 5.61. The lowest BCUT2D eigenvalue weighted by Crippen LogP contribution is -2.26. The highest BCUT2D eigenvalue weighted by atomic mass is 35.5. The van der Waals surface area contributed by atoms with Crippen molar-refractivity contribution in [3.8, 4) is 11.4 Å². The van der Waals surface area contributed by atoms with Gasteiger partial charge in [-0.3, -0.25) is 0 Å². The van der Waals surface area contributed by atoms with Crippen molar-refractivity contribution in [1.82, 2.24) is 4.57 Å². The number of ether oxygens (including phenoxy) is 2. The zero-order chi connectivity index (χ0) is 24.9. The maximum Gasteiger partial charge on any atom is 0.340 e. The molecule has 35 heavy (non-hydrogen) atoms. The summed E-state index contributed by atoms with van der Waals surface area (Å²) in [6.07, 6.45) is -0.732. The molecule has 1 aromatic heterocycles. The summed E-state index contributed by atoms with van der Waals surface area (Å²) in [5.41, 5.74) is 5.18. The molecule has 7 heteroatoms. The van der Waals surface area contributed by atoms with E-state index in [0.717, 1.165) is 33.5 Å². The normalized spacial score (nSPS) is 11.9. The van der Waals surface area contributed by atoms with Gasteiger partial charge in [-0.15, -0.1) is 0 Å². The second kappa shape index (κ2) is 10.8. The summed E-state index contributed by atoms with van der Waals surface area (Å²) in [7, 11) is 0. The highest BCUT2D eigenvalue weighted by Gasteiger charge is 2.22. The number of carbonyl (C=O) groups is 1. The van der Waals surface area contributed by atoms with Gasteiger partial charge < -0.3 is 24.5 Å². The number of rotatable bonds is 9. The van der Waals surface area contributed by atoms with E-state index in [9.17, 15) is 9.90 Å². The van der Waals surface area contributed by atoms with Gasteiger partial charge in [-0.05, 0) is 75.4 Å². The number of benzene rings is 3. The smallest absolute Gasteiger partial charge is 0.340 e. The molecular weight excluding hydrogens is 464 g/mol. The van der Waals surface area contributed by atoms with E-state index in [-0.39, 0.29) is 12.6 Å². The first-order chi connectivity index (χ1) is 16.9. The average molecular weight is 493 g/mol. The van der Waals surface area contributed by atoms with Crippen molar-refractivity contribution in [3.05, 3.63) is 88.6 Å². The van der Waals surface area contributed by atoms with E-state index in [1.165, 1.54) is 0 Å². The van der Waals surface area contributed by atoms with Crippen molar-refractivity contribution >= 4 is 34.2 Å². The molecular formula is C28H29ClN2O4. The van der Waals surface area contributed by atoms with Crippen LogP contribution in [0.2, 0.25) is 5.02 Å². The van der Waals surface area contributed by atoms with E-state index in [0.29, 0.717) is 29.5 Å². The third-order valence-corrected chi connectivity index (χ3v) is 6.03. The van der Waals surface area contributed by atoms with Crippen LogP contribution in [-0.4, -0.2) is 41.5 Å². The highest BCUT2D eigenvalue weighted by molar-refractivity contribution is 6.30. The van der Waals surface area contributed by atoms with Gasteiger partial charge in [-0.2, -0.15) is 0 Å². The number of aryl methyl sites for hydroxylation is 1. The quantitative estimate of drug-likeness (QED) is 0.283. The SMILES string of the molecule is CCOC(=O)c1c(C)n(-c2ccc(C)cc2)c2ccc(OC[C@@H](O)CNc3ccc(Cl)cc3)cc12. The standard InChI is InChI=1S/C28H29ClN2O4/c1-4-34-28(33)27-19(3)31(22-11-5-18(2)6-12-22)26-14-13-24(15-25(26)27)35-17-23(32)16-30-21-9-7-20(29)8-10-21/h5-15,23,30,32H,4,16-17H2,1-3H3/t23-/m0/s1. The Morgan fingerprint density at radius 2 is 1.77 bits per heavy atom. The largest absolute Gasteiger partial charge is 0.491 e. The van der Waals surface area contributed by atoms with Crippen LogP contribution in [0.3, 0.4) is 0 Å². The fraction of sp³-hybridized carbons (Fsp3) is 0.250. The molecule has 1 atom stereocenters. The molecule has 182 valence electrons. The molecule has 4 rings (SSSR count). The third-order valence-electron chi connectivity index (χ3n) is 5.78. The zero-order valence-corrected chi connectivity index (χ0v) is 20.8. The molecule has 0 unspecified atom stereocenters. The number of nitrogens with zero attached hydrogens (tertiary/aromatic N) is 1. The first-order valence-electron chi connectivity index (χ1n) is 11.6. The van der Waals surface area contributed by atoms with Gasteiger partial charge in [0.15, 0.2) is 0 Å². The number of nitrogens with one attached hydrogen (secondary N) is 1. The molecule has 0 aliphatic carbocycles. The van der Waals surface area contributed by atoms with E-state index in [4.69, 9.17) is 21.1 Å². The van der Waals surface area contributed by atoms with Gasteiger partial charge in [-0.25, -0.2) is 4.79 Å². The van der Waals surface area contributed by atoms with Crippen LogP contribution < -0.4 is 10.1 Å². The van der Waals surface area contributed by atoms with Gasteiger partial charge >= 0.3 is 5.97 Å². The van der Waals surface area contributed by atoms with Crippen molar-refractivity contribution in [2.45, 2.75) is 26.9 Å². The van der Waals surface area contributed by atoms with Crippen LogP contribution in [-0.2, 0) is 4.74 Å². The van der Waals surface area contributed by atoms with Crippen LogP contribution in [0.4, 0.5) is 5.69 Å².